The van der Waals surface area contributed by atoms with Gasteiger partial charge in [0.05, 0.1) is 0 Å². The minimum atomic E-state index is -0.152. The van der Waals surface area contributed by atoms with Crippen LogP contribution in [0, 0.1) is 13.8 Å². The van der Waals surface area contributed by atoms with Crippen molar-refractivity contribution in [2.45, 2.75) is 27.2 Å². The second kappa shape index (κ2) is 8.29. The molecule has 0 fully saturated rings. The van der Waals surface area contributed by atoms with Gasteiger partial charge >= 0.3 is 0 Å². The number of carbonyl (C=O) groups excluding carboxylic acids is 2. The summed E-state index contributed by atoms with van der Waals surface area (Å²) >= 11 is 0. The standard InChI is InChI=1S/C20H24N2O2/c1-15-9-10-19(16(2)13-15)22(17(3)23)14-20(24)21-12-11-18-7-5-4-6-8-18/h4-10,13H,11-12,14H2,1-3H3,(H,21,24). The van der Waals surface area contributed by atoms with Crippen LogP contribution in [0.25, 0.3) is 0 Å². The Morgan fingerprint density at radius 2 is 1.75 bits per heavy atom. The molecule has 1 N–H and O–H groups in total. The fraction of sp³-hybridized carbons (Fsp3) is 0.300. The van der Waals surface area contributed by atoms with Crippen LogP contribution in [-0.4, -0.2) is 24.9 Å². The number of hydrogen-bond acceptors (Lipinski definition) is 2. The number of amides is 2. The van der Waals surface area contributed by atoms with Crippen LogP contribution < -0.4 is 10.2 Å². The van der Waals surface area contributed by atoms with E-state index in [4.69, 9.17) is 0 Å². The highest BCUT2D eigenvalue weighted by atomic mass is 16.2. The van der Waals surface area contributed by atoms with E-state index in [1.807, 2.05) is 62.4 Å². The van der Waals surface area contributed by atoms with Crippen LogP contribution in [0.5, 0.6) is 0 Å². The van der Waals surface area contributed by atoms with Crippen LogP contribution in [0.4, 0.5) is 5.69 Å². The molecule has 0 spiro atoms. The second-order valence-corrected chi connectivity index (χ2v) is 5.98. The molecule has 0 aliphatic heterocycles. The van der Waals surface area contributed by atoms with Crippen LogP contribution >= 0.6 is 0 Å². The fourth-order valence-corrected chi connectivity index (χ4v) is 2.66. The van der Waals surface area contributed by atoms with Crippen LogP contribution in [0.1, 0.15) is 23.6 Å². The quantitative estimate of drug-likeness (QED) is 0.888. The third kappa shape index (κ3) is 4.95. The number of rotatable bonds is 6. The summed E-state index contributed by atoms with van der Waals surface area (Å²) in [6, 6.07) is 15.8. The van der Waals surface area contributed by atoms with Crippen LogP contribution in [-0.2, 0) is 16.0 Å². The number of hydrogen-bond donors (Lipinski definition) is 1. The molecule has 126 valence electrons. The molecule has 0 bridgehead atoms. The Morgan fingerprint density at radius 1 is 1.04 bits per heavy atom. The predicted octanol–water partition coefficient (Wildman–Crippen LogP) is 3.02. The Hall–Kier alpha value is -2.62. The molecule has 0 radical (unpaired) electrons. The van der Waals surface area contributed by atoms with Gasteiger partial charge in [-0.25, -0.2) is 0 Å². The van der Waals surface area contributed by atoms with E-state index in [1.54, 1.807) is 0 Å². The van der Waals surface area contributed by atoms with Gasteiger partial charge in [0.15, 0.2) is 0 Å². The van der Waals surface area contributed by atoms with Gasteiger partial charge in [-0.2, -0.15) is 0 Å². The van der Waals surface area contributed by atoms with E-state index in [1.165, 1.54) is 17.4 Å². The Bertz CT molecular complexity index is 711. The fourth-order valence-electron chi connectivity index (χ4n) is 2.66. The highest BCUT2D eigenvalue weighted by Gasteiger charge is 2.17. The summed E-state index contributed by atoms with van der Waals surface area (Å²) in [4.78, 5) is 25.7. The first-order chi connectivity index (χ1) is 11.5. The summed E-state index contributed by atoms with van der Waals surface area (Å²) in [6.07, 6.45) is 0.774. The van der Waals surface area contributed by atoms with Crippen molar-refractivity contribution in [2.75, 3.05) is 18.0 Å². The largest absolute Gasteiger partial charge is 0.354 e. The van der Waals surface area contributed by atoms with Crippen molar-refractivity contribution in [3.63, 3.8) is 0 Å². The monoisotopic (exact) mass is 324 g/mol. The molecule has 0 heterocycles. The van der Waals surface area contributed by atoms with E-state index in [2.05, 4.69) is 5.32 Å². The van der Waals surface area contributed by atoms with Crippen LogP contribution in [0.2, 0.25) is 0 Å². The number of aryl methyl sites for hydroxylation is 2. The SMILES string of the molecule is CC(=O)N(CC(=O)NCCc1ccccc1)c1ccc(C)cc1C. The van der Waals surface area contributed by atoms with E-state index >= 15 is 0 Å². The third-order valence-electron chi connectivity index (χ3n) is 3.90. The summed E-state index contributed by atoms with van der Waals surface area (Å²) in [6.45, 7) is 6.03. The molecule has 24 heavy (non-hydrogen) atoms. The maximum absolute atomic E-state index is 12.2. The van der Waals surface area contributed by atoms with Gasteiger partial charge in [-0.3, -0.25) is 9.59 Å². The summed E-state index contributed by atoms with van der Waals surface area (Å²) in [5, 5.41) is 2.88. The normalized spacial score (nSPS) is 10.3. The topological polar surface area (TPSA) is 49.4 Å². The first-order valence-corrected chi connectivity index (χ1v) is 8.13. The zero-order valence-corrected chi connectivity index (χ0v) is 14.5. The van der Waals surface area contributed by atoms with Crippen molar-refractivity contribution in [1.29, 1.82) is 0 Å². The number of nitrogens with zero attached hydrogens (tertiary/aromatic N) is 1. The summed E-state index contributed by atoms with van der Waals surface area (Å²) < 4.78 is 0. The van der Waals surface area contributed by atoms with Crippen molar-refractivity contribution in [3.05, 3.63) is 65.2 Å². The maximum atomic E-state index is 12.2. The van der Waals surface area contributed by atoms with Gasteiger partial charge in [0.2, 0.25) is 11.8 Å². The molecule has 0 aliphatic carbocycles. The zero-order chi connectivity index (χ0) is 17.5. The average Bonchev–Trinajstić information content (AvgIpc) is 2.54. The van der Waals surface area contributed by atoms with Crippen molar-refractivity contribution >= 4 is 17.5 Å². The molecule has 0 aromatic heterocycles. The molecular weight excluding hydrogens is 300 g/mol. The second-order valence-electron chi connectivity index (χ2n) is 5.98. The van der Waals surface area contributed by atoms with E-state index in [-0.39, 0.29) is 18.4 Å². The predicted molar refractivity (Wildman–Crippen MR) is 97.1 cm³/mol. The molecule has 0 unspecified atom stereocenters. The average molecular weight is 324 g/mol. The first-order valence-electron chi connectivity index (χ1n) is 8.13. The van der Waals surface area contributed by atoms with Gasteiger partial charge in [-0.05, 0) is 37.5 Å². The Balaban J connectivity index is 1.95. The summed E-state index contributed by atoms with van der Waals surface area (Å²) in [5.41, 5.74) is 4.08. The van der Waals surface area contributed by atoms with Crippen LogP contribution in [0.15, 0.2) is 48.5 Å². The summed E-state index contributed by atoms with van der Waals surface area (Å²) in [7, 11) is 0. The molecule has 0 atom stereocenters. The highest BCUT2D eigenvalue weighted by molar-refractivity contribution is 5.98. The van der Waals surface area contributed by atoms with E-state index in [9.17, 15) is 9.59 Å². The molecular formula is C20H24N2O2. The lowest BCUT2D eigenvalue weighted by atomic mass is 10.1. The maximum Gasteiger partial charge on any atom is 0.240 e. The number of carbonyl (C=O) groups is 2. The molecule has 2 aromatic rings. The molecule has 2 rings (SSSR count). The summed E-state index contributed by atoms with van der Waals surface area (Å²) in [5.74, 6) is -0.290. The first kappa shape index (κ1) is 17.7. The van der Waals surface area contributed by atoms with Gasteiger partial charge in [0.1, 0.15) is 6.54 Å². The van der Waals surface area contributed by atoms with Crippen molar-refractivity contribution in [2.24, 2.45) is 0 Å². The number of anilines is 1. The third-order valence-corrected chi connectivity index (χ3v) is 3.90. The van der Waals surface area contributed by atoms with Crippen LogP contribution in [0.3, 0.4) is 0 Å². The lowest BCUT2D eigenvalue weighted by Gasteiger charge is -2.23. The smallest absolute Gasteiger partial charge is 0.240 e. The Morgan fingerprint density at radius 3 is 2.38 bits per heavy atom. The molecule has 4 heteroatoms. The molecule has 0 saturated carbocycles. The lowest BCUT2D eigenvalue weighted by molar-refractivity contribution is -0.123. The minimum absolute atomic E-state index is 0.0357. The van der Waals surface area contributed by atoms with Gasteiger partial charge < -0.3 is 10.2 Å². The molecule has 2 amide bonds. The molecule has 0 aliphatic rings. The Kier molecular flexibility index (Phi) is 6.13. The van der Waals surface area contributed by atoms with E-state index < -0.39 is 0 Å². The van der Waals surface area contributed by atoms with Gasteiger partial charge in [0, 0.05) is 19.2 Å². The van der Waals surface area contributed by atoms with Gasteiger partial charge in [-0.15, -0.1) is 0 Å². The minimum Gasteiger partial charge on any atom is -0.354 e. The molecule has 4 nitrogen and oxygen atoms in total. The van der Waals surface area contributed by atoms with E-state index in [0.29, 0.717) is 6.54 Å². The Labute approximate surface area is 143 Å². The van der Waals surface area contributed by atoms with Crippen molar-refractivity contribution in [1.82, 2.24) is 5.32 Å². The molecule has 2 aromatic carbocycles. The van der Waals surface area contributed by atoms with Crippen molar-refractivity contribution < 1.29 is 9.59 Å². The van der Waals surface area contributed by atoms with Crippen molar-refractivity contribution in [3.8, 4) is 0 Å². The number of nitrogens with one attached hydrogen (secondary N) is 1. The lowest BCUT2D eigenvalue weighted by Crippen LogP contribution is -2.40. The van der Waals surface area contributed by atoms with Gasteiger partial charge in [0.25, 0.3) is 0 Å². The van der Waals surface area contributed by atoms with E-state index in [0.717, 1.165) is 23.2 Å². The zero-order valence-electron chi connectivity index (χ0n) is 14.5. The molecule has 0 saturated heterocycles. The highest BCUT2D eigenvalue weighted by Crippen LogP contribution is 2.21. The number of benzene rings is 2. The van der Waals surface area contributed by atoms with Gasteiger partial charge in [-0.1, -0.05) is 48.0 Å².